The Morgan fingerprint density at radius 3 is 2.27 bits per heavy atom. The monoisotopic (exact) mass is 229 g/mol. The van der Waals surface area contributed by atoms with Gasteiger partial charge in [0.05, 0.1) is 0 Å². The maximum atomic E-state index is 12.1. The van der Waals surface area contributed by atoms with E-state index in [-0.39, 0.29) is 19.1 Å². The lowest BCUT2D eigenvalue weighted by molar-refractivity contribution is -0.192. The molecule has 3 N–H and O–H groups in total. The number of rotatable bonds is 6. The number of aliphatic hydroxyl groups is 1. The lowest BCUT2D eigenvalue weighted by Crippen LogP contribution is -2.40. The molecule has 0 radical (unpaired) electrons. The predicted octanol–water partition coefficient (Wildman–Crippen LogP) is 0.467. The van der Waals surface area contributed by atoms with Gasteiger partial charge in [0.1, 0.15) is 0 Å². The van der Waals surface area contributed by atoms with Crippen LogP contribution in [0.5, 0.6) is 0 Å². The fraction of sp³-hybridized carbons (Fsp3) is 0.875. The molecule has 90 valence electrons. The van der Waals surface area contributed by atoms with Crippen molar-refractivity contribution in [1.82, 2.24) is 5.32 Å². The summed E-state index contributed by atoms with van der Waals surface area (Å²) in [6, 6.07) is 0. The van der Waals surface area contributed by atoms with Gasteiger partial charge in [-0.15, -0.1) is 0 Å². The second-order valence-corrected chi connectivity index (χ2v) is 3.38. The maximum absolute atomic E-state index is 12.1. The molecule has 0 spiro atoms. The van der Waals surface area contributed by atoms with Crippen LogP contribution in [0.25, 0.3) is 0 Å². The predicted molar refractivity (Wildman–Crippen MR) is 46.3 cm³/mol. The molecule has 0 fully saturated rings. The number of aliphatic hydroxyl groups excluding tert-OH is 1. The second-order valence-electron chi connectivity index (χ2n) is 3.38. The van der Waals surface area contributed by atoms with E-state index in [1.54, 1.807) is 6.92 Å². The van der Waals surface area contributed by atoms with Gasteiger partial charge < -0.3 is 15.5 Å². The van der Waals surface area contributed by atoms with Crippen molar-refractivity contribution in [2.45, 2.75) is 13.1 Å². The number of nitrogens with one attached hydrogen (secondary N) is 1. The fourth-order valence-corrected chi connectivity index (χ4v) is 0.882. The Balaban J connectivity index is 4.05. The Kier molecular flexibility index (Phi) is 5.59. The maximum Gasteiger partial charge on any atom is 0.403 e. The van der Waals surface area contributed by atoms with Gasteiger partial charge in [0, 0.05) is 13.2 Å². The number of carboxylic acids is 1. The third kappa shape index (κ3) is 5.58. The summed E-state index contributed by atoms with van der Waals surface area (Å²) in [5.74, 6) is -4.50. The third-order valence-corrected chi connectivity index (χ3v) is 1.85. The van der Waals surface area contributed by atoms with E-state index in [9.17, 15) is 18.0 Å². The van der Waals surface area contributed by atoms with E-state index in [1.165, 1.54) is 0 Å². The molecule has 0 aliphatic heterocycles. The van der Waals surface area contributed by atoms with Gasteiger partial charge in [-0.1, -0.05) is 6.92 Å². The molecule has 0 heterocycles. The zero-order valence-electron chi connectivity index (χ0n) is 8.21. The molecule has 0 aliphatic carbocycles. The highest BCUT2D eigenvalue weighted by Gasteiger charge is 2.44. The number of alkyl halides is 3. The Hall–Kier alpha value is -0.820. The van der Waals surface area contributed by atoms with E-state index >= 15 is 0 Å². The summed E-state index contributed by atoms with van der Waals surface area (Å²) in [6.07, 6.45) is -4.75. The molecule has 2 atom stereocenters. The topological polar surface area (TPSA) is 69.6 Å². The van der Waals surface area contributed by atoms with Gasteiger partial charge in [0.25, 0.3) is 0 Å². The van der Waals surface area contributed by atoms with Gasteiger partial charge in [-0.3, -0.25) is 4.79 Å². The average molecular weight is 229 g/mol. The van der Waals surface area contributed by atoms with Crippen molar-refractivity contribution < 1.29 is 28.2 Å². The SMILES string of the molecule is CC(CO)CNCC(C(=O)O)C(F)(F)F. The Morgan fingerprint density at radius 2 is 1.93 bits per heavy atom. The fourth-order valence-electron chi connectivity index (χ4n) is 0.882. The molecule has 0 bridgehead atoms. The molecule has 4 nitrogen and oxygen atoms in total. The van der Waals surface area contributed by atoms with E-state index in [1.807, 2.05) is 0 Å². The van der Waals surface area contributed by atoms with Crippen LogP contribution in [0.15, 0.2) is 0 Å². The van der Waals surface area contributed by atoms with Gasteiger partial charge in [-0.25, -0.2) is 0 Å². The van der Waals surface area contributed by atoms with Crippen LogP contribution in [-0.4, -0.2) is 42.1 Å². The summed E-state index contributed by atoms with van der Waals surface area (Å²) >= 11 is 0. The summed E-state index contributed by atoms with van der Waals surface area (Å²) in [7, 11) is 0. The standard InChI is InChI=1S/C8H14F3NO3/c1-5(4-13)2-12-3-6(7(14)15)8(9,10)11/h5-6,12-13H,2-4H2,1H3,(H,14,15). The van der Waals surface area contributed by atoms with Gasteiger partial charge in [0.15, 0.2) is 5.92 Å². The minimum Gasteiger partial charge on any atom is -0.481 e. The summed E-state index contributed by atoms with van der Waals surface area (Å²) < 4.78 is 36.3. The highest BCUT2D eigenvalue weighted by molar-refractivity contribution is 5.71. The van der Waals surface area contributed by atoms with Gasteiger partial charge in [0.2, 0.25) is 0 Å². The molecule has 0 aromatic rings. The highest BCUT2D eigenvalue weighted by Crippen LogP contribution is 2.25. The normalized spacial score (nSPS) is 16.1. The first kappa shape index (κ1) is 14.2. The molecule has 0 aromatic carbocycles. The molecule has 0 aromatic heterocycles. The summed E-state index contributed by atoms with van der Waals surface area (Å²) in [5, 5.41) is 19.3. The van der Waals surface area contributed by atoms with Crippen LogP contribution in [0.4, 0.5) is 13.2 Å². The number of carboxylic acid groups (broad SMARTS) is 1. The smallest absolute Gasteiger partial charge is 0.403 e. The lowest BCUT2D eigenvalue weighted by Gasteiger charge is -2.17. The van der Waals surface area contributed by atoms with Crippen molar-refractivity contribution in [3.63, 3.8) is 0 Å². The molecule has 15 heavy (non-hydrogen) atoms. The average Bonchev–Trinajstić information content (AvgIpc) is 2.09. The molecule has 2 unspecified atom stereocenters. The molecule has 7 heteroatoms. The first-order valence-corrected chi connectivity index (χ1v) is 4.40. The van der Waals surface area contributed by atoms with Crippen LogP contribution in [0.1, 0.15) is 6.92 Å². The van der Waals surface area contributed by atoms with E-state index < -0.39 is 24.6 Å². The number of carbonyl (C=O) groups is 1. The van der Waals surface area contributed by atoms with E-state index in [0.29, 0.717) is 0 Å². The van der Waals surface area contributed by atoms with Crippen LogP contribution in [-0.2, 0) is 4.79 Å². The second kappa shape index (κ2) is 5.92. The minimum absolute atomic E-state index is 0.149. The molecular formula is C8H14F3NO3. The Labute approximate surface area is 85.1 Å². The molecule has 0 rings (SSSR count). The van der Waals surface area contributed by atoms with Crippen molar-refractivity contribution in [2.24, 2.45) is 11.8 Å². The van der Waals surface area contributed by atoms with Crippen LogP contribution in [0.2, 0.25) is 0 Å². The van der Waals surface area contributed by atoms with Crippen molar-refractivity contribution in [1.29, 1.82) is 0 Å². The van der Waals surface area contributed by atoms with E-state index in [2.05, 4.69) is 5.32 Å². The quantitative estimate of drug-likeness (QED) is 0.619. The number of hydrogen-bond donors (Lipinski definition) is 3. The number of hydrogen-bond acceptors (Lipinski definition) is 3. The molecule has 0 amide bonds. The Morgan fingerprint density at radius 1 is 1.40 bits per heavy atom. The van der Waals surface area contributed by atoms with E-state index in [0.717, 1.165) is 0 Å². The number of aliphatic carboxylic acids is 1. The Bertz CT molecular complexity index is 208. The lowest BCUT2D eigenvalue weighted by atomic mass is 10.1. The molecular weight excluding hydrogens is 215 g/mol. The van der Waals surface area contributed by atoms with Crippen molar-refractivity contribution >= 4 is 5.97 Å². The van der Waals surface area contributed by atoms with E-state index in [4.69, 9.17) is 10.2 Å². The highest BCUT2D eigenvalue weighted by atomic mass is 19.4. The molecule has 0 aliphatic rings. The minimum atomic E-state index is -4.75. The van der Waals surface area contributed by atoms with Crippen LogP contribution in [0, 0.1) is 11.8 Å². The van der Waals surface area contributed by atoms with Crippen molar-refractivity contribution in [3.8, 4) is 0 Å². The number of halogens is 3. The van der Waals surface area contributed by atoms with Gasteiger partial charge in [-0.05, 0) is 12.5 Å². The van der Waals surface area contributed by atoms with Crippen LogP contribution in [0.3, 0.4) is 0 Å². The summed E-state index contributed by atoms with van der Waals surface area (Å²) in [6.45, 7) is 0.951. The third-order valence-electron chi connectivity index (χ3n) is 1.85. The largest absolute Gasteiger partial charge is 0.481 e. The first-order valence-electron chi connectivity index (χ1n) is 4.40. The zero-order chi connectivity index (χ0) is 12.1. The summed E-state index contributed by atoms with van der Waals surface area (Å²) in [5.41, 5.74) is 0. The molecule has 0 saturated heterocycles. The van der Waals surface area contributed by atoms with Crippen LogP contribution < -0.4 is 5.32 Å². The van der Waals surface area contributed by atoms with Crippen molar-refractivity contribution in [2.75, 3.05) is 19.7 Å². The molecule has 0 saturated carbocycles. The summed E-state index contributed by atoms with van der Waals surface area (Å²) in [4.78, 5) is 10.3. The zero-order valence-corrected chi connectivity index (χ0v) is 8.21. The first-order chi connectivity index (χ1) is 6.79. The van der Waals surface area contributed by atoms with Gasteiger partial charge >= 0.3 is 12.1 Å². The van der Waals surface area contributed by atoms with Crippen LogP contribution >= 0.6 is 0 Å². The van der Waals surface area contributed by atoms with Gasteiger partial charge in [-0.2, -0.15) is 13.2 Å². The van der Waals surface area contributed by atoms with Crippen molar-refractivity contribution in [3.05, 3.63) is 0 Å².